The number of amides is 2. The van der Waals surface area contributed by atoms with Gasteiger partial charge in [0.25, 0.3) is 0 Å². The number of nitrogens with one attached hydrogen (secondary N) is 2. The molecule has 2 amide bonds. The molecule has 1 aliphatic carbocycles. The molecule has 1 aromatic rings. The lowest BCUT2D eigenvalue weighted by atomic mass is 9.96. The minimum atomic E-state index is -0.781. The van der Waals surface area contributed by atoms with Gasteiger partial charge in [-0.15, -0.1) is 0 Å². The van der Waals surface area contributed by atoms with Crippen LogP contribution in [0.1, 0.15) is 31.2 Å². The minimum Gasteiger partial charge on any atom is -0.351 e. The monoisotopic (exact) mass is 372 g/mol. The molecule has 0 heterocycles. The summed E-state index contributed by atoms with van der Waals surface area (Å²) in [5, 5.41) is 5.88. The topological polar surface area (TPSA) is 87.5 Å². The van der Waals surface area contributed by atoms with E-state index in [1.54, 1.807) is 6.08 Å². The molecule has 0 bridgehead atoms. The fourth-order valence-corrected chi connectivity index (χ4v) is 3.25. The van der Waals surface area contributed by atoms with Crippen molar-refractivity contribution in [2.45, 2.75) is 43.7 Å². The zero-order chi connectivity index (χ0) is 19.7. The van der Waals surface area contributed by atoms with Crippen molar-refractivity contribution in [2.24, 2.45) is 5.73 Å². The summed E-state index contributed by atoms with van der Waals surface area (Å²) in [6.45, 7) is 1.36. The summed E-state index contributed by atoms with van der Waals surface area (Å²) < 4.78 is 0. The van der Waals surface area contributed by atoms with Crippen molar-refractivity contribution in [1.82, 2.24) is 15.5 Å². The van der Waals surface area contributed by atoms with Crippen LogP contribution in [0, 0.1) is 0 Å². The Kier molecular flexibility index (Phi) is 8.00. The lowest BCUT2D eigenvalue weighted by Crippen LogP contribution is -2.54. The molecular formula is C21H32N4O2. The van der Waals surface area contributed by atoms with Crippen molar-refractivity contribution < 1.29 is 9.59 Å². The van der Waals surface area contributed by atoms with Crippen LogP contribution in [0.25, 0.3) is 0 Å². The molecular weight excluding hydrogens is 340 g/mol. The van der Waals surface area contributed by atoms with E-state index in [9.17, 15) is 9.59 Å². The summed E-state index contributed by atoms with van der Waals surface area (Å²) in [5.41, 5.74) is 6.59. The first-order valence-corrected chi connectivity index (χ1v) is 9.63. The van der Waals surface area contributed by atoms with Crippen molar-refractivity contribution in [3.63, 3.8) is 0 Å². The van der Waals surface area contributed by atoms with Crippen LogP contribution in [0.3, 0.4) is 0 Å². The Morgan fingerprint density at radius 3 is 2.52 bits per heavy atom. The third kappa shape index (κ3) is 7.15. The quantitative estimate of drug-likeness (QED) is 0.569. The maximum atomic E-state index is 12.7. The molecule has 1 aliphatic rings. The molecule has 6 heteroatoms. The second-order valence-corrected chi connectivity index (χ2v) is 7.59. The second-order valence-electron chi connectivity index (χ2n) is 7.59. The number of rotatable bonds is 9. The number of nitrogens with zero attached hydrogens (tertiary/aromatic N) is 1. The predicted molar refractivity (Wildman–Crippen MR) is 108 cm³/mol. The van der Waals surface area contributed by atoms with E-state index in [-0.39, 0.29) is 17.9 Å². The summed E-state index contributed by atoms with van der Waals surface area (Å²) in [7, 11) is 3.91. The normalized spacial score (nSPS) is 17.2. The zero-order valence-electron chi connectivity index (χ0n) is 16.4. The van der Waals surface area contributed by atoms with Crippen LogP contribution in [0.15, 0.2) is 42.5 Å². The highest BCUT2D eigenvalue weighted by atomic mass is 16.2. The van der Waals surface area contributed by atoms with Gasteiger partial charge in [0, 0.05) is 19.2 Å². The number of hydrogen-bond donors (Lipinski definition) is 3. The first-order chi connectivity index (χ1) is 12.9. The predicted octanol–water partition coefficient (Wildman–Crippen LogP) is 1.22. The summed E-state index contributed by atoms with van der Waals surface area (Å²) >= 11 is 0. The van der Waals surface area contributed by atoms with Crippen LogP contribution in [0.4, 0.5) is 0 Å². The summed E-state index contributed by atoms with van der Waals surface area (Å²) in [4.78, 5) is 26.7. The SMILES string of the molecule is CN(C)CCNC(=O)C=CC(Cc1ccccc1)NC(=O)C1(N)CCCC1. The highest BCUT2D eigenvalue weighted by Gasteiger charge is 2.37. The first-order valence-electron chi connectivity index (χ1n) is 9.63. The number of carbonyl (C=O) groups is 2. The number of benzene rings is 1. The molecule has 0 radical (unpaired) electrons. The maximum Gasteiger partial charge on any atom is 0.243 e. The van der Waals surface area contributed by atoms with Crippen molar-refractivity contribution in [2.75, 3.05) is 27.2 Å². The Labute approximate surface area is 162 Å². The molecule has 1 saturated carbocycles. The summed E-state index contributed by atoms with van der Waals surface area (Å²) in [6.07, 6.45) is 7.27. The van der Waals surface area contributed by atoms with Gasteiger partial charge >= 0.3 is 0 Å². The fraction of sp³-hybridized carbons (Fsp3) is 0.524. The molecule has 4 N–H and O–H groups in total. The largest absolute Gasteiger partial charge is 0.351 e. The Balaban J connectivity index is 1.99. The zero-order valence-corrected chi connectivity index (χ0v) is 16.4. The molecule has 0 saturated heterocycles. The fourth-order valence-electron chi connectivity index (χ4n) is 3.25. The second kappa shape index (κ2) is 10.2. The van der Waals surface area contributed by atoms with E-state index in [4.69, 9.17) is 5.73 Å². The summed E-state index contributed by atoms with van der Waals surface area (Å²) in [5.74, 6) is -0.286. The minimum absolute atomic E-state index is 0.126. The average Bonchev–Trinajstić information content (AvgIpc) is 3.08. The molecule has 2 rings (SSSR count). The molecule has 148 valence electrons. The van der Waals surface area contributed by atoms with Crippen LogP contribution in [-0.4, -0.2) is 55.5 Å². The van der Waals surface area contributed by atoms with Gasteiger partial charge in [-0.2, -0.15) is 0 Å². The van der Waals surface area contributed by atoms with Gasteiger partial charge in [0.1, 0.15) is 0 Å². The van der Waals surface area contributed by atoms with E-state index < -0.39 is 5.54 Å². The first kappa shape index (κ1) is 21.1. The van der Waals surface area contributed by atoms with Crippen molar-refractivity contribution in [3.05, 3.63) is 48.0 Å². The molecule has 1 fully saturated rings. The van der Waals surface area contributed by atoms with Crippen LogP contribution in [0.5, 0.6) is 0 Å². The average molecular weight is 373 g/mol. The molecule has 27 heavy (non-hydrogen) atoms. The van der Waals surface area contributed by atoms with E-state index in [2.05, 4.69) is 10.6 Å². The van der Waals surface area contributed by atoms with E-state index in [0.717, 1.165) is 24.9 Å². The van der Waals surface area contributed by atoms with Crippen molar-refractivity contribution in [1.29, 1.82) is 0 Å². The standard InChI is InChI=1S/C21H32N4O2/c1-25(2)15-14-23-19(26)11-10-18(16-17-8-4-3-5-9-17)24-20(27)21(22)12-6-7-13-21/h3-5,8-11,18H,6-7,12-16,22H2,1-2H3,(H,23,26)(H,24,27). The molecule has 0 aromatic heterocycles. The highest BCUT2D eigenvalue weighted by Crippen LogP contribution is 2.27. The maximum absolute atomic E-state index is 12.7. The number of likely N-dealkylation sites (N-methyl/N-ethyl adjacent to an activating group) is 1. The van der Waals surface area contributed by atoms with Gasteiger partial charge in [-0.25, -0.2) is 0 Å². The lowest BCUT2D eigenvalue weighted by Gasteiger charge is -2.25. The Bertz CT molecular complexity index is 637. The van der Waals surface area contributed by atoms with E-state index in [1.165, 1.54) is 6.08 Å². The van der Waals surface area contributed by atoms with Crippen LogP contribution < -0.4 is 16.4 Å². The van der Waals surface area contributed by atoms with Gasteiger partial charge < -0.3 is 21.3 Å². The smallest absolute Gasteiger partial charge is 0.243 e. The molecule has 1 atom stereocenters. The van der Waals surface area contributed by atoms with E-state index >= 15 is 0 Å². The number of carbonyl (C=O) groups excluding carboxylic acids is 2. The van der Waals surface area contributed by atoms with Crippen molar-refractivity contribution in [3.8, 4) is 0 Å². The van der Waals surface area contributed by atoms with Crippen LogP contribution in [0.2, 0.25) is 0 Å². The lowest BCUT2D eigenvalue weighted by molar-refractivity contribution is -0.126. The summed E-state index contributed by atoms with van der Waals surface area (Å²) in [6, 6.07) is 9.63. The molecule has 6 nitrogen and oxygen atoms in total. The Morgan fingerprint density at radius 2 is 1.89 bits per heavy atom. The van der Waals surface area contributed by atoms with Gasteiger partial charge in [-0.05, 0) is 38.9 Å². The molecule has 1 aromatic carbocycles. The van der Waals surface area contributed by atoms with Gasteiger partial charge in [-0.1, -0.05) is 49.2 Å². The highest BCUT2D eigenvalue weighted by molar-refractivity contribution is 5.88. The molecule has 1 unspecified atom stereocenters. The van der Waals surface area contributed by atoms with Crippen LogP contribution >= 0.6 is 0 Å². The Morgan fingerprint density at radius 1 is 1.22 bits per heavy atom. The van der Waals surface area contributed by atoms with E-state index in [1.807, 2.05) is 49.3 Å². The molecule has 0 spiro atoms. The van der Waals surface area contributed by atoms with Gasteiger partial charge in [0.05, 0.1) is 11.6 Å². The molecule has 0 aliphatic heterocycles. The van der Waals surface area contributed by atoms with Gasteiger partial charge in [0.15, 0.2) is 0 Å². The van der Waals surface area contributed by atoms with Gasteiger partial charge in [0.2, 0.25) is 11.8 Å². The van der Waals surface area contributed by atoms with Crippen LogP contribution in [-0.2, 0) is 16.0 Å². The Hall–Kier alpha value is -2.18. The third-order valence-corrected chi connectivity index (χ3v) is 4.90. The number of hydrogen-bond acceptors (Lipinski definition) is 4. The van der Waals surface area contributed by atoms with E-state index in [0.29, 0.717) is 25.8 Å². The van der Waals surface area contributed by atoms with Crippen molar-refractivity contribution >= 4 is 11.8 Å². The number of nitrogens with two attached hydrogens (primary N) is 1. The third-order valence-electron chi connectivity index (χ3n) is 4.90. The van der Waals surface area contributed by atoms with Gasteiger partial charge in [-0.3, -0.25) is 9.59 Å².